The summed E-state index contributed by atoms with van der Waals surface area (Å²) in [4.78, 5) is 7.32. The van der Waals surface area contributed by atoms with E-state index >= 15 is 0 Å². The molecule has 0 spiro atoms. The van der Waals surface area contributed by atoms with Gasteiger partial charge in [0.15, 0.2) is 0 Å². The van der Waals surface area contributed by atoms with Gasteiger partial charge in [-0.05, 0) is 13.6 Å². The average molecular weight is 145 g/mol. The topological polar surface area (TPSA) is 24.7 Å². The van der Waals surface area contributed by atoms with Gasteiger partial charge in [0, 0.05) is 13.2 Å². The fraction of sp³-hybridized carbons (Fsp3) is 0.333. The highest BCUT2D eigenvalue weighted by molar-refractivity contribution is 6.43. The van der Waals surface area contributed by atoms with E-state index in [1.807, 2.05) is 6.92 Å². The van der Waals surface area contributed by atoms with Crippen LogP contribution >= 0.6 is 11.6 Å². The first-order chi connectivity index (χ1) is 4.22. The lowest BCUT2D eigenvalue weighted by molar-refractivity contribution is 1.42. The van der Waals surface area contributed by atoms with E-state index in [2.05, 4.69) is 16.7 Å². The van der Waals surface area contributed by atoms with Crippen molar-refractivity contribution >= 4 is 24.0 Å². The van der Waals surface area contributed by atoms with E-state index in [1.54, 1.807) is 7.05 Å². The van der Waals surface area contributed by atoms with Crippen LogP contribution in [0.1, 0.15) is 6.92 Å². The minimum atomic E-state index is 0.535. The Morgan fingerprint density at radius 3 is 2.56 bits per heavy atom. The summed E-state index contributed by atoms with van der Waals surface area (Å²) >= 11 is 5.63. The number of hydrogen-bond donors (Lipinski definition) is 0. The molecule has 0 saturated heterocycles. The first-order valence-electron chi connectivity index (χ1n) is 2.47. The molecule has 0 bridgehead atoms. The van der Waals surface area contributed by atoms with Gasteiger partial charge in [0.1, 0.15) is 0 Å². The largest absolute Gasteiger partial charge is 0.292 e. The van der Waals surface area contributed by atoms with E-state index in [1.165, 1.54) is 6.20 Å². The smallest absolute Gasteiger partial charge is 0.0795 e. The Morgan fingerprint density at radius 1 is 1.67 bits per heavy atom. The summed E-state index contributed by atoms with van der Waals surface area (Å²) in [7, 11) is 1.68. The lowest BCUT2D eigenvalue weighted by atomic mass is 10.4. The van der Waals surface area contributed by atoms with E-state index in [4.69, 9.17) is 11.6 Å². The van der Waals surface area contributed by atoms with Crippen LogP contribution in [0.4, 0.5) is 0 Å². The van der Waals surface area contributed by atoms with Crippen LogP contribution in [0.3, 0.4) is 0 Å². The third-order valence-corrected chi connectivity index (χ3v) is 1.26. The van der Waals surface area contributed by atoms with Crippen LogP contribution in [-0.4, -0.2) is 19.5 Å². The molecule has 0 saturated carbocycles. The van der Waals surface area contributed by atoms with E-state index in [9.17, 15) is 0 Å². The zero-order valence-electron chi connectivity index (χ0n) is 5.56. The van der Waals surface area contributed by atoms with Crippen molar-refractivity contribution in [3.05, 3.63) is 11.2 Å². The molecule has 0 aliphatic carbocycles. The van der Waals surface area contributed by atoms with Gasteiger partial charge in [-0.25, -0.2) is 0 Å². The molecule has 0 aromatic carbocycles. The molecule has 0 aliphatic rings. The van der Waals surface area contributed by atoms with Crippen molar-refractivity contribution in [3.8, 4) is 0 Å². The van der Waals surface area contributed by atoms with Crippen LogP contribution in [-0.2, 0) is 0 Å². The zero-order chi connectivity index (χ0) is 7.28. The second-order valence-corrected chi connectivity index (χ2v) is 1.88. The van der Waals surface area contributed by atoms with Gasteiger partial charge in [-0.3, -0.25) is 9.98 Å². The quantitative estimate of drug-likeness (QED) is 0.529. The van der Waals surface area contributed by atoms with Gasteiger partial charge in [0.05, 0.1) is 10.7 Å². The summed E-state index contributed by atoms with van der Waals surface area (Å²) in [5.41, 5.74) is 0.768. The van der Waals surface area contributed by atoms with Crippen molar-refractivity contribution < 1.29 is 0 Å². The van der Waals surface area contributed by atoms with Gasteiger partial charge in [-0.2, -0.15) is 0 Å². The second kappa shape index (κ2) is 4.27. The van der Waals surface area contributed by atoms with Gasteiger partial charge >= 0.3 is 0 Å². The summed E-state index contributed by atoms with van der Waals surface area (Å²) < 4.78 is 0. The molecule has 0 N–H and O–H groups in total. The Bertz CT molecular complexity index is 158. The number of rotatable bonds is 2. The molecule has 3 heteroatoms. The Labute approximate surface area is 60.0 Å². The summed E-state index contributed by atoms with van der Waals surface area (Å²) in [6.45, 7) is 5.06. The minimum Gasteiger partial charge on any atom is -0.292 e. The summed E-state index contributed by atoms with van der Waals surface area (Å²) in [6, 6.07) is 0. The highest BCUT2D eigenvalue weighted by Crippen LogP contribution is 2.02. The molecule has 0 aromatic heterocycles. The molecule has 0 amide bonds. The van der Waals surface area contributed by atoms with E-state index < -0.39 is 0 Å². The molecule has 0 aliphatic heterocycles. The van der Waals surface area contributed by atoms with E-state index in [0.717, 1.165) is 5.71 Å². The lowest BCUT2D eigenvalue weighted by Gasteiger charge is -1.91. The van der Waals surface area contributed by atoms with Crippen molar-refractivity contribution in [1.29, 1.82) is 0 Å². The molecule has 0 atom stereocenters. The van der Waals surface area contributed by atoms with E-state index in [0.29, 0.717) is 5.03 Å². The molecule has 0 unspecified atom stereocenters. The number of aliphatic imine (C=N–C) groups is 2. The van der Waals surface area contributed by atoms with Crippen molar-refractivity contribution in [2.45, 2.75) is 6.92 Å². The fourth-order valence-electron chi connectivity index (χ4n) is 0.280. The third-order valence-electron chi connectivity index (χ3n) is 0.886. The molecule has 0 heterocycles. The van der Waals surface area contributed by atoms with Crippen molar-refractivity contribution in [2.24, 2.45) is 9.98 Å². The van der Waals surface area contributed by atoms with Crippen LogP contribution in [0.25, 0.3) is 0 Å². The summed E-state index contributed by atoms with van der Waals surface area (Å²) in [5.74, 6) is 0. The third kappa shape index (κ3) is 3.03. The molecule has 0 rings (SSSR count). The Kier molecular flexibility index (Phi) is 3.97. The summed E-state index contributed by atoms with van der Waals surface area (Å²) in [6.07, 6.45) is 1.46. The molecular formula is C6H9ClN2. The SMILES string of the molecule is C=N/C=C(Cl)\C(C)=N/C. The molecule has 0 aromatic rings. The van der Waals surface area contributed by atoms with Crippen molar-refractivity contribution in [1.82, 2.24) is 0 Å². The normalized spacial score (nSPS) is 13.7. The minimum absolute atomic E-state index is 0.535. The van der Waals surface area contributed by atoms with Crippen LogP contribution in [0.5, 0.6) is 0 Å². The van der Waals surface area contributed by atoms with Gasteiger partial charge in [-0.15, -0.1) is 0 Å². The maximum atomic E-state index is 5.63. The van der Waals surface area contributed by atoms with Crippen LogP contribution in [0.15, 0.2) is 21.2 Å². The maximum Gasteiger partial charge on any atom is 0.0795 e. The molecule has 0 radical (unpaired) electrons. The van der Waals surface area contributed by atoms with Crippen LogP contribution in [0, 0.1) is 0 Å². The predicted octanol–water partition coefficient (Wildman–Crippen LogP) is 1.86. The highest BCUT2D eigenvalue weighted by atomic mass is 35.5. The standard InChI is InChI=1S/C6H9ClN2/c1-5(9-3)6(7)4-8-2/h4H,2H2,1,3H3/b6-4+,9-5-. The monoisotopic (exact) mass is 144 g/mol. The van der Waals surface area contributed by atoms with E-state index in [-0.39, 0.29) is 0 Å². The highest BCUT2D eigenvalue weighted by Gasteiger charge is 1.92. The second-order valence-electron chi connectivity index (χ2n) is 1.47. The molecule has 50 valence electrons. The lowest BCUT2D eigenvalue weighted by Crippen LogP contribution is -1.88. The first-order valence-corrected chi connectivity index (χ1v) is 2.85. The average Bonchev–Trinajstić information content (AvgIpc) is 1.87. The van der Waals surface area contributed by atoms with Crippen LogP contribution < -0.4 is 0 Å². The number of nitrogens with zero attached hydrogens (tertiary/aromatic N) is 2. The van der Waals surface area contributed by atoms with Gasteiger partial charge in [0.25, 0.3) is 0 Å². The predicted molar refractivity (Wildman–Crippen MR) is 42.5 cm³/mol. The number of hydrogen-bond acceptors (Lipinski definition) is 2. The molecular weight excluding hydrogens is 136 g/mol. The van der Waals surface area contributed by atoms with Crippen LogP contribution in [0.2, 0.25) is 0 Å². The van der Waals surface area contributed by atoms with Gasteiger partial charge in [0.2, 0.25) is 0 Å². The molecule has 2 nitrogen and oxygen atoms in total. The van der Waals surface area contributed by atoms with Gasteiger partial charge < -0.3 is 0 Å². The molecule has 0 fully saturated rings. The number of allylic oxidation sites excluding steroid dienone is 1. The maximum absolute atomic E-state index is 5.63. The Morgan fingerprint density at radius 2 is 2.22 bits per heavy atom. The zero-order valence-corrected chi connectivity index (χ0v) is 6.31. The molecule has 9 heavy (non-hydrogen) atoms. The fourth-order valence-corrected chi connectivity index (χ4v) is 0.434. The number of halogens is 1. The van der Waals surface area contributed by atoms with Gasteiger partial charge in [-0.1, -0.05) is 11.6 Å². The summed E-state index contributed by atoms with van der Waals surface area (Å²) in [5, 5.41) is 0.535. The Hall–Kier alpha value is -0.630. The van der Waals surface area contributed by atoms with Crippen molar-refractivity contribution in [2.75, 3.05) is 7.05 Å². The first kappa shape index (κ1) is 8.37. The Balaban J connectivity index is 4.19. The van der Waals surface area contributed by atoms with Crippen molar-refractivity contribution in [3.63, 3.8) is 0 Å².